The van der Waals surface area contributed by atoms with Gasteiger partial charge in [0.25, 0.3) is 0 Å². The zero-order chi connectivity index (χ0) is 24.3. The fraction of sp³-hybridized carbons (Fsp3) is 0.435. The van der Waals surface area contributed by atoms with Gasteiger partial charge in [-0.1, -0.05) is 0 Å². The first kappa shape index (κ1) is 24.5. The van der Waals surface area contributed by atoms with Gasteiger partial charge in [-0.05, 0) is 57.9 Å². The largest absolute Gasteiger partial charge is 0.462 e. The first-order chi connectivity index (χ1) is 15.6. The van der Waals surface area contributed by atoms with Gasteiger partial charge in [-0.2, -0.15) is 9.57 Å². The Morgan fingerprint density at radius 1 is 1.15 bits per heavy atom. The molecule has 1 fully saturated rings. The van der Waals surface area contributed by atoms with Crippen molar-refractivity contribution in [3.63, 3.8) is 0 Å². The predicted molar refractivity (Wildman–Crippen MR) is 122 cm³/mol. The average Bonchev–Trinajstić information content (AvgIpc) is 3.04. The number of ether oxygens (including phenoxy) is 1. The molecule has 0 spiro atoms. The minimum Gasteiger partial charge on any atom is -0.462 e. The van der Waals surface area contributed by atoms with E-state index in [9.17, 15) is 18.0 Å². The number of amides is 1. The van der Waals surface area contributed by atoms with Gasteiger partial charge >= 0.3 is 5.97 Å². The second kappa shape index (κ2) is 9.77. The van der Waals surface area contributed by atoms with Crippen molar-refractivity contribution in [3.8, 4) is 6.07 Å². The number of carbonyl (C=O) groups excluding carboxylic acids is 2. The summed E-state index contributed by atoms with van der Waals surface area (Å²) in [6, 6.07) is 8.59. The summed E-state index contributed by atoms with van der Waals surface area (Å²) in [6.45, 7) is 5.52. The molecule has 1 aliphatic rings. The Kier molecular flexibility index (Phi) is 7.25. The number of hydrogen-bond donors (Lipinski definition) is 1. The number of piperidine rings is 1. The van der Waals surface area contributed by atoms with E-state index in [0.29, 0.717) is 35.5 Å². The fourth-order valence-corrected chi connectivity index (χ4v) is 5.98. The summed E-state index contributed by atoms with van der Waals surface area (Å²) in [4.78, 5) is 25.2. The number of aromatic nitrogens is 1. The lowest BCUT2D eigenvalue weighted by Crippen LogP contribution is -2.41. The maximum absolute atomic E-state index is 13.5. The van der Waals surface area contributed by atoms with Crippen LogP contribution in [0.15, 0.2) is 29.2 Å². The first-order valence-electron chi connectivity index (χ1n) is 10.8. The molecule has 9 nitrogen and oxygen atoms in total. The molecule has 0 aliphatic carbocycles. The predicted octanol–water partition coefficient (Wildman–Crippen LogP) is 2.73. The van der Waals surface area contributed by atoms with Crippen molar-refractivity contribution >= 4 is 27.6 Å². The minimum atomic E-state index is -3.95. The zero-order valence-corrected chi connectivity index (χ0v) is 20.0. The van der Waals surface area contributed by atoms with Gasteiger partial charge < -0.3 is 14.6 Å². The van der Waals surface area contributed by atoms with Crippen molar-refractivity contribution in [1.29, 1.82) is 5.26 Å². The average molecular weight is 473 g/mol. The molecule has 176 valence electrons. The molecule has 3 rings (SSSR count). The number of rotatable bonds is 6. The lowest BCUT2D eigenvalue weighted by Gasteiger charge is -2.30. The van der Waals surface area contributed by atoms with E-state index in [0.717, 1.165) is 0 Å². The number of esters is 1. The monoisotopic (exact) mass is 472 g/mol. The van der Waals surface area contributed by atoms with E-state index in [1.165, 1.54) is 4.31 Å². The minimum absolute atomic E-state index is 0.0264. The van der Waals surface area contributed by atoms with Gasteiger partial charge in [0.15, 0.2) is 0 Å². The van der Waals surface area contributed by atoms with E-state index in [1.807, 2.05) is 6.07 Å². The third kappa shape index (κ3) is 4.79. The number of benzene rings is 1. The fourth-order valence-electron chi connectivity index (χ4n) is 4.04. The highest BCUT2D eigenvalue weighted by Gasteiger charge is 2.38. The molecule has 0 bridgehead atoms. The highest BCUT2D eigenvalue weighted by Crippen LogP contribution is 2.32. The highest BCUT2D eigenvalue weighted by molar-refractivity contribution is 7.89. The Labute approximate surface area is 194 Å². The normalized spacial score (nSPS) is 15.1. The quantitative estimate of drug-likeness (QED) is 0.645. The standard InChI is InChI=1S/C23H28N4O5S/c1-5-32-23(29)20-15(2)26(4)16(3)21(20)33(30,31)27-12-10-18(11-13-27)22(28)25-19-8-6-17(14-24)7-9-19/h6-9,18H,5,10-13H2,1-4H3,(H,25,28). The summed E-state index contributed by atoms with van der Waals surface area (Å²) in [7, 11) is -2.24. The second-order valence-electron chi connectivity index (χ2n) is 8.01. The lowest BCUT2D eigenvalue weighted by molar-refractivity contribution is -0.120. The van der Waals surface area contributed by atoms with Gasteiger partial charge in [0.1, 0.15) is 10.5 Å². The van der Waals surface area contributed by atoms with Crippen LogP contribution in [0.4, 0.5) is 5.69 Å². The van der Waals surface area contributed by atoms with Crippen LogP contribution in [0.2, 0.25) is 0 Å². The van der Waals surface area contributed by atoms with Crippen LogP contribution < -0.4 is 5.32 Å². The summed E-state index contributed by atoms with van der Waals surface area (Å²) in [6.07, 6.45) is 0.724. The Balaban J connectivity index is 1.75. The van der Waals surface area contributed by atoms with Crippen LogP contribution in [-0.2, 0) is 26.6 Å². The molecule has 1 amide bonds. The number of nitriles is 1. The van der Waals surface area contributed by atoms with Gasteiger partial charge in [-0.15, -0.1) is 0 Å². The van der Waals surface area contributed by atoms with Crippen LogP contribution in [-0.4, -0.2) is 48.9 Å². The zero-order valence-electron chi connectivity index (χ0n) is 19.2. The maximum atomic E-state index is 13.5. The summed E-state index contributed by atoms with van der Waals surface area (Å²) in [5.74, 6) is -1.18. The summed E-state index contributed by atoms with van der Waals surface area (Å²) < 4.78 is 35.1. The van der Waals surface area contributed by atoms with Crippen LogP contribution in [0.3, 0.4) is 0 Å². The van der Waals surface area contributed by atoms with Crippen molar-refractivity contribution in [2.75, 3.05) is 25.0 Å². The number of anilines is 1. The van der Waals surface area contributed by atoms with Crippen molar-refractivity contribution in [2.45, 2.75) is 38.5 Å². The van der Waals surface area contributed by atoms with E-state index in [4.69, 9.17) is 10.00 Å². The lowest BCUT2D eigenvalue weighted by atomic mass is 9.97. The van der Waals surface area contributed by atoms with Gasteiger partial charge in [0.2, 0.25) is 15.9 Å². The molecule has 1 aliphatic heterocycles. The van der Waals surface area contributed by atoms with Crippen molar-refractivity contribution in [2.24, 2.45) is 13.0 Å². The molecule has 0 atom stereocenters. The third-order valence-corrected chi connectivity index (χ3v) is 8.17. The van der Waals surface area contributed by atoms with E-state index in [2.05, 4.69) is 5.32 Å². The number of carbonyl (C=O) groups is 2. The van der Waals surface area contributed by atoms with Gasteiger partial charge in [0.05, 0.1) is 18.2 Å². The molecule has 10 heteroatoms. The van der Waals surface area contributed by atoms with Crippen LogP contribution in [0.25, 0.3) is 0 Å². The molecule has 2 aromatic rings. The SMILES string of the molecule is CCOC(=O)c1c(S(=O)(=O)N2CCC(C(=O)Nc3ccc(C#N)cc3)CC2)c(C)n(C)c1C. The molecule has 2 heterocycles. The Morgan fingerprint density at radius 2 is 1.76 bits per heavy atom. The number of nitrogens with one attached hydrogen (secondary N) is 1. The summed E-state index contributed by atoms with van der Waals surface area (Å²) in [5.41, 5.74) is 2.15. The Morgan fingerprint density at radius 3 is 2.30 bits per heavy atom. The molecule has 0 radical (unpaired) electrons. The van der Waals surface area contributed by atoms with E-state index in [1.54, 1.807) is 56.7 Å². The number of nitrogens with zero attached hydrogens (tertiary/aromatic N) is 3. The molecular formula is C23H28N4O5S. The topological polar surface area (TPSA) is 122 Å². The van der Waals surface area contributed by atoms with Gasteiger partial charge in [-0.25, -0.2) is 13.2 Å². The maximum Gasteiger partial charge on any atom is 0.341 e. The molecule has 1 aromatic carbocycles. The second-order valence-corrected chi connectivity index (χ2v) is 9.89. The van der Waals surface area contributed by atoms with E-state index >= 15 is 0 Å². The van der Waals surface area contributed by atoms with Crippen LogP contribution in [0, 0.1) is 31.1 Å². The van der Waals surface area contributed by atoms with Crippen LogP contribution in [0.1, 0.15) is 47.1 Å². The molecule has 33 heavy (non-hydrogen) atoms. The molecule has 0 unspecified atom stereocenters. The molecular weight excluding hydrogens is 444 g/mol. The summed E-state index contributed by atoms with van der Waals surface area (Å²) >= 11 is 0. The third-order valence-electron chi connectivity index (χ3n) is 6.11. The summed E-state index contributed by atoms with van der Waals surface area (Å²) in [5, 5.41) is 11.7. The first-order valence-corrected chi connectivity index (χ1v) is 12.2. The molecule has 1 N–H and O–H groups in total. The number of sulfonamides is 1. The highest BCUT2D eigenvalue weighted by atomic mass is 32.2. The van der Waals surface area contributed by atoms with Crippen LogP contribution >= 0.6 is 0 Å². The molecule has 0 saturated carbocycles. The van der Waals surface area contributed by atoms with Crippen molar-refractivity contribution in [1.82, 2.24) is 8.87 Å². The Hall–Kier alpha value is -3.16. The van der Waals surface area contributed by atoms with Gasteiger partial charge in [-0.3, -0.25) is 4.79 Å². The number of hydrogen-bond acceptors (Lipinski definition) is 6. The van der Waals surface area contributed by atoms with E-state index < -0.39 is 16.0 Å². The van der Waals surface area contributed by atoms with Crippen molar-refractivity contribution in [3.05, 3.63) is 46.8 Å². The smallest absolute Gasteiger partial charge is 0.341 e. The van der Waals surface area contributed by atoms with Crippen LogP contribution in [0.5, 0.6) is 0 Å². The van der Waals surface area contributed by atoms with Crippen molar-refractivity contribution < 1.29 is 22.7 Å². The Bertz CT molecular complexity index is 1200. The van der Waals surface area contributed by atoms with E-state index in [-0.39, 0.29) is 42.0 Å². The molecule has 1 saturated heterocycles. The van der Waals surface area contributed by atoms with Gasteiger partial charge in [0, 0.05) is 43.1 Å². The molecule has 1 aromatic heterocycles.